The number of carbonyl (C=O) groups excluding carboxylic acids is 1. The molecule has 3 aliphatic rings. The van der Waals surface area contributed by atoms with E-state index < -0.39 is 0 Å². The number of benzene rings is 1. The average Bonchev–Trinajstić information content (AvgIpc) is 3.71. The minimum Gasteiger partial charge on any atom is -0.326 e. The van der Waals surface area contributed by atoms with Gasteiger partial charge in [0.15, 0.2) is 5.82 Å². The fraction of sp³-hybridized carbons (Fsp3) is 0.516. The number of rotatable bonds is 9. The first kappa shape index (κ1) is 26.4. The molecule has 1 saturated heterocycles. The number of amides is 1. The van der Waals surface area contributed by atoms with Crippen LogP contribution in [0.3, 0.4) is 0 Å². The van der Waals surface area contributed by atoms with Gasteiger partial charge in [-0.3, -0.25) is 14.4 Å². The van der Waals surface area contributed by atoms with Crippen LogP contribution in [0, 0.1) is 23.2 Å². The largest absolute Gasteiger partial charge is 0.326 e. The highest BCUT2D eigenvalue weighted by Crippen LogP contribution is 2.37. The first-order chi connectivity index (χ1) is 18.4. The summed E-state index contributed by atoms with van der Waals surface area (Å²) in [5.74, 6) is 1.23. The van der Waals surface area contributed by atoms with Crippen LogP contribution < -0.4 is 11.1 Å². The molecule has 1 atom stereocenters. The number of aromatic nitrogens is 2. The van der Waals surface area contributed by atoms with E-state index >= 15 is 0 Å². The van der Waals surface area contributed by atoms with E-state index in [0.29, 0.717) is 24.7 Å². The van der Waals surface area contributed by atoms with Crippen molar-refractivity contribution in [3.8, 4) is 6.07 Å². The minimum atomic E-state index is -0.379. The molecule has 5 rings (SSSR count). The van der Waals surface area contributed by atoms with E-state index in [0.717, 1.165) is 63.7 Å². The predicted molar refractivity (Wildman–Crippen MR) is 151 cm³/mol. The van der Waals surface area contributed by atoms with Crippen molar-refractivity contribution >= 4 is 17.3 Å². The predicted octanol–water partition coefficient (Wildman–Crippen LogP) is 5.35. The van der Waals surface area contributed by atoms with Crippen LogP contribution in [0.1, 0.15) is 75.5 Å². The van der Waals surface area contributed by atoms with Gasteiger partial charge in [0.05, 0.1) is 18.0 Å². The van der Waals surface area contributed by atoms with Crippen LogP contribution in [0.2, 0.25) is 0 Å². The van der Waals surface area contributed by atoms with Crippen LogP contribution in [-0.4, -0.2) is 33.7 Å². The second-order valence-electron chi connectivity index (χ2n) is 11.4. The maximum atomic E-state index is 12.3. The Hall–Kier alpha value is -3.21. The molecule has 0 bridgehead atoms. The number of allylic oxidation sites excluding steroid dienone is 4. The van der Waals surface area contributed by atoms with Gasteiger partial charge in [-0.15, -0.1) is 0 Å². The van der Waals surface area contributed by atoms with Crippen molar-refractivity contribution in [1.29, 1.82) is 5.26 Å². The number of carbonyl (C=O) groups is 1. The number of nitrogens with two attached hydrogens (primary N) is 1. The Kier molecular flexibility index (Phi) is 7.83. The SMILES string of the molecule is CCC1=CC=C(c2ccc(CN3CCC(CC#N)(n4cc(CN)c(NC(=O)C5CC5)n4)CC3)cc2)C(C)C1. The Balaban J connectivity index is 1.24. The molecule has 1 aliphatic heterocycles. The fourth-order valence-electron chi connectivity index (χ4n) is 5.88. The zero-order valence-electron chi connectivity index (χ0n) is 22.7. The molecule has 2 heterocycles. The number of hydrogen-bond donors (Lipinski definition) is 2. The smallest absolute Gasteiger partial charge is 0.228 e. The van der Waals surface area contributed by atoms with Crippen molar-refractivity contribution in [3.05, 3.63) is 64.9 Å². The normalized spacial score (nSPS) is 21.4. The van der Waals surface area contributed by atoms with E-state index in [9.17, 15) is 10.1 Å². The van der Waals surface area contributed by atoms with Crippen LogP contribution >= 0.6 is 0 Å². The summed E-state index contributed by atoms with van der Waals surface area (Å²) >= 11 is 0. The Morgan fingerprint density at radius 2 is 1.95 bits per heavy atom. The maximum absolute atomic E-state index is 12.3. The number of likely N-dealkylation sites (tertiary alicyclic amines) is 1. The van der Waals surface area contributed by atoms with E-state index in [1.807, 2.05) is 10.9 Å². The van der Waals surface area contributed by atoms with Crippen LogP contribution in [0.25, 0.3) is 5.57 Å². The van der Waals surface area contributed by atoms with Gasteiger partial charge >= 0.3 is 0 Å². The van der Waals surface area contributed by atoms with E-state index in [1.165, 1.54) is 22.3 Å². The summed E-state index contributed by atoms with van der Waals surface area (Å²) in [7, 11) is 0. The number of anilines is 1. The molecule has 200 valence electrons. The summed E-state index contributed by atoms with van der Waals surface area (Å²) in [6.45, 7) is 7.53. The van der Waals surface area contributed by atoms with Gasteiger partial charge in [-0.05, 0) is 61.1 Å². The quantitative estimate of drug-likeness (QED) is 0.471. The number of nitriles is 1. The first-order valence-electron chi connectivity index (χ1n) is 14.1. The molecule has 0 radical (unpaired) electrons. The lowest BCUT2D eigenvalue weighted by molar-refractivity contribution is -0.117. The number of piperidine rings is 1. The highest BCUT2D eigenvalue weighted by molar-refractivity contribution is 5.93. The highest BCUT2D eigenvalue weighted by Gasteiger charge is 2.38. The molecular formula is C31H40N6O. The van der Waals surface area contributed by atoms with E-state index in [-0.39, 0.29) is 17.4 Å². The molecule has 1 aromatic carbocycles. The van der Waals surface area contributed by atoms with Gasteiger partial charge in [0.2, 0.25) is 5.91 Å². The van der Waals surface area contributed by atoms with Gasteiger partial charge in [-0.2, -0.15) is 10.4 Å². The molecule has 1 aromatic heterocycles. The fourth-order valence-corrected chi connectivity index (χ4v) is 5.88. The first-order valence-corrected chi connectivity index (χ1v) is 14.1. The molecule has 7 heteroatoms. The lowest BCUT2D eigenvalue weighted by Gasteiger charge is -2.40. The monoisotopic (exact) mass is 512 g/mol. The zero-order valence-corrected chi connectivity index (χ0v) is 22.7. The average molecular weight is 513 g/mol. The summed E-state index contributed by atoms with van der Waals surface area (Å²) in [5.41, 5.74) is 12.0. The van der Waals surface area contributed by atoms with Crippen molar-refractivity contribution in [3.63, 3.8) is 0 Å². The highest BCUT2D eigenvalue weighted by atomic mass is 16.2. The lowest BCUT2D eigenvalue weighted by Crippen LogP contribution is -2.46. The second-order valence-corrected chi connectivity index (χ2v) is 11.4. The molecule has 3 N–H and O–H groups in total. The maximum Gasteiger partial charge on any atom is 0.228 e. The van der Waals surface area contributed by atoms with E-state index in [4.69, 9.17) is 10.8 Å². The molecule has 0 spiro atoms. The van der Waals surface area contributed by atoms with Gasteiger partial charge in [-0.25, -0.2) is 0 Å². The number of nitrogens with zero attached hydrogens (tertiary/aromatic N) is 4. The lowest BCUT2D eigenvalue weighted by atomic mass is 9.83. The van der Waals surface area contributed by atoms with Crippen LogP contribution in [0.4, 0.5) is 5.82 Å². The third-order valence-electron chi connectivity index (χ3n) is 8.63. The van der Waals surface area contributed by atoms with Crippen LogP contribution in [0.15, 0.2) is 48.2 Å². The number of hydrogen-bond acceptors (Lipinski definition) is 5. The van der Waals surface area contributed by atoms with Gasteiger partial charge in [0.1, 0.15) is 0 Å². The Bertz CT molecular complexity index is 1250. The molecule has 2 aromatic rings. The minimum absolute atomic E-state index is 0.0246. The van der Waals surface area contributed by atoms with E-state index in [1.54, 1.807) is 0 Å². The molecule has 7 nitrogen and oxygen atoms in total. The van der Waals surface area contributed by atoms with Gasteiger partial charge in [-0.1, -0.05) is 55.8 Å². The third kappa shape index (κ3) is 5.62. The van der Waals surface area contributed by atoms with Crippen molar-refractivity contribution in [1.82, 2.24) is 14.7 Å². The van der Waals surface area contributed by atoms with Crippen LogP contribution in [-0.2, 0) is 23.4 Å². The van der Waals surface area contributed by atoms with Gasteiger partial charge in [0.25, 0.3) is 0 Å². The standard InChI is InChI=1S/C31H40N6O/c1-3-23-6-11-28(22(2)18-23)25-7-4-24(5-8-25)20-36-16-13-31(12-15-32,14-17-36)37-21-27(19-33)29(35-37)34-30(38)26-9-10-26/h4-8,11,21-22,26H,3,9-10,12-14,16-20,33H2,1-2H3,(H,34,35,38). The van der Waals surface area contributed by atoms with Crippen LogP contribution in [0.5, 0.6) is 0 Å². The summed E-state index contributed by atoms with van der Waals surface area (Å²) in [6.07, 6.45) is 12.7. The molecular weight excluding hydrogens is 472 g/mol. The molecule has 1 saturated carbocycles. The topological polar surface area (TPSA) is 100.0 Å². The zero-order chi connectivity index (χ0) is 26.7. The van der Waals surface area contributed by atoms with Gasteiger partial charge in [0, 0.05) is 43.9 Å². The third-order valence-corrected chi connectivity index (χ3v) is 8.63. The molecule has 2 aliphatic carbocycles. The summed E-state index contributed by atoms with van der Waals surface area (Å²) in [6, 6.07) is 11.4. The summed E-state index contributed by atoms with van der Waals surface area (Å²) in [4.78, 5) is 14.8. The number of nitrogens with one attached hydrogen (secondary N) is 1. The molecule has 2 fully saturated rings. The van der Waals surface area contributed by atoms with Gasteiger partial charge < -0.3 is 11.1 Å². The van der Waals surface area contributed by atoms with Crippen molar-refractivity contribution < 1.29 is 4.79 Å². The molecule has 1 amide bonds. The molecule has 38 heavy (non-hydrogen) atoms. The van der Waals surface area contributed by atoms with Crippen molar-refractivity contribution in [2.45, 2.75) is 77.4 Å². The van der Waals surface area contributed by atoms with Crippen molar-refractivity contribution in [2.24, 2.45) is 17.6 Å². The van der Waals surface area contributed by atoms with E-state index in [2.05, 4.69) is 66.6 Å². The summed E-state index contributed by atoms with van der Waals surface area (Å²) < 4.78 is 1.92. The Morgan fingerprint density at radius 3 is 2.55 bits per heavy atom. The Morgan fingerprint density at radius 1 is 1.21 bits per heavy atom. The Labute approximate surface area is 226 Å². The van der Waals surface area contributed by atoms with Crippen molar-refractivity contribution in [2.75, 3.05) is 18.4 Å². The second kappa shape index (κ2) is 11.3. The molecule has 1 unspecified atom stereocenters. The summed E-state index contributed by atoms with van der Waals surface area (Å²) in [5, 5.41) is 17.4.